The van der Waals surface area contributed by atoms with Crippen LogP contribution >= 0.6 is 0 Å². The van der Waals surface area contributed by atoms with E-state index in [4.69, 9.17) is 16.8 Å². The molecule has 0 radical (unpaired) electrons. The number of aromatic nitrogens is 2. The molecular formula is C37H40N2O. The largest absolute Gasteiger partial charge is 0.437 e. The molecule has 0 bridgehead atoms. The lowest BCUT2D eigenvalue weighted by Gasteiger charge is -2.43. The first kappa shape index (κ1) is 17.4. The number of aryl methyl sites for hydroxylation is 4. The average molecular weight is 538 g/mol. The molecule has 5 aromatic rings. The van der Waals surface area contributed by atoms with Crippen LogP contribution in [0.4, 0.5) is 0 Å². The summed E-state index contributed by atoms with van der Waals surface area (Å²) >= 11 is 0. The molecule has 7 rings (SSSR count). The van der Waals surface area contributed by atoms with Crippen molar-refractivity contribution in [3.05, 3.63) is 82.7 Å². The minimum atomic E-state index is -2.56. The number of furan rings is 1. The number of para-hydroxylation sites is 1. The SMILES string of the molecule is [2H]C([2H])([2H])c1ccc2c(n1)oc1c(-c3cc(-c4c(C)cc(C5CCC6(CCCCC6)CC5)cc4C([2H])([2H])[2H])c(C([2H])([2H])[2H])cn3)cccc12. The fourth-order valence-corrected chi connectivity index (χ4v) is 7.46. The zero-order valence-electron chi connectivity index (χ0n) is 31.9. The molecule has 3 heteroatoms. The second-order valence-corrected chi connectivity index (χ2v) is 12.0. The van der Waals surface area contributed by atoms with Crippen molar-refractivity contribution in [2.24, 2.45) is 5.41 Å². The summed E-state index contributed by atoms with van der Waals surface area (Å²) in [4.78, 5) is 8.83. The van der Waals surface area contributed by atoms with E-state index in [1.165, 1.54) is 57.2 Å². The Morgan fingerprint density at radius 1 is 0.825 bits per heavy atom. The number of nitrogens with zero attached hydrogens (tertiary/aromatic N) is 2. The maximum absolute atomic E-state index is 8.62. The van der Waals surface area contributed by atoms with Crippen LogP contribution in [0.2, 0.25) is 0 Å². The van der Waals surface area contributed by atoms with Gasteiger partial charge in [0.1, 0.15) is 5.58 Å². The number of benzene rings is 2. The molecule has 3 aromatic heterocycles. The fourth-order valence-electron chi connectivity index (χ4n) is 7.46. The first-order valence-corrected chi connectivity index (χ1v) is 14.5. The first-order chi connectivity index (χ1) is 23.0. The van der Waals surface area contributed by atoms with Crippen molar-refractivity contribution in [3.8, 4) is 22.4 Å². The predicted octanol–water partition coefficient (Wildman–Crippen LogP) is 10.6. The maximum Gasteiger partial charge on any atom is 0.227 e. The molecule has 3 heterocycles. The third-order valence-electron chi connectivity index (χ3n) is 9.60. The molecule has 0 aliphatic heterocycles. The summed E-state index contributed by atoms with van der Waals surface area (Å²) in [6, 6.07) is 14.1. The Balaban J connectivity index is 1.36. The summed E-state index contributed by atoms with van der Waals surface area (Å²) in [5, 5.41) is 1.34. The van der Waals surface area contributed by atoms with E-state index in [1.54, 1.807) is 24.3 Å². The summed E-state index contributed by atoms with van der Waals surface area (Å²) in [5.74, 6) is 0.265. The molecule has 2 aromatic carbocycles. The Morgan fingerprint density at radius 2 is 1.65 bits per heavy atom. The van der Waals surface area contributed by atoms with Gasteiger partial charge in [-0.25, -0.2) is 4.98 Å². The van der Waals surface area contributed by atoms with Gasteiger partial charge in [0.05, 0.1) is 5.69 Å². The van der Waals surface area contributed by atoms with E-state index in [0.717, 1.165) is 18.4 Å². The number of pyridine rings is 2. The number of fused-ring (bicyclic) bond motifs is 3. The Labute approximate surface area is 250 Å². The van der Waals surface area contributed by atoms with Crippen molar-refractivity contribution in [1.82, 2.24) is 9.97 Å². The van der Waals surface area contributed by atoms with Crippen LogP contribution in [-0.4, -0.2) is 9.97 Å². The summed E-state index contributed by atoms with van der Waals surface area (Å²) in [6.45, 7) is -5.58. The third-order valence-corrected chi connectivity index (χ3v) is 9.60. The maximum atomic E-state index is 8.62. The highest BCUT2D eigenvalue weighted by atomic mass is 16.3. The topological polar surface area (TPSA) is 38.9 Å². The fraction of sp³-hybridized carbons (Fsp3) is 0.405. The van der Waals surface area contributed by atoms with Gasteiger partial charge in [-0.1, -0.05) is 43.5 Å². The second-order valence-electron chi connectivity index (χ2n) is 12.0. The molecular weight excluding hydrogens is 488 g/mol. The van der Waals surface area contributed by atoms with Crippen LogP contribution in [0, 0.1) is 32.9 Å². The molecule has 204 valence electrons. The zero-order chi connectivity index (χ0) is 34.9. The van der Waals surface area contributed by atoms with Crippen LogP contribution in [0.1, 0.15) is 104 Å². The Bertz CT molecular complexity index is 2040. The van der Waals surface area contributed by atoms with Crippen LogP contribution < -0.4 is 0 Å². The van der Waals surface area contributed by atoms with Crippen LogP contribution in [0.5, 0.6) is 0 Å². The van der Waals surface area contributed by atoms with Gasteiger partial charge >= 0.3 is 0 Å². The van der Waals surface area contributed by atoms with Crippen molar-refractivity contribution in [2.45, 2.75) is 91.2 Å². The number of rotatable bonds is 3. The second kappa shape index (κ2) is 9.87. The highest BCUT2D eigenvalue weighted by Gasteiger charge is 2.36. The van der Waals surface area contributed by atoms with Gasteiger partial charge in [-0.05, 0) is 135 Å². The van der Waals surface area contributed by atoms with Gasteiger partial charge in [-0.2, -0.15) is 0 Å². The normalized spacial score (nSPS) is 22.0. The molecule has 0 unspecified atom stereocenters. The lowest BCUT2D eigenvalue weighted by molar-refractivity contribution is 0.114. The standard InChI is InChI=1S/C37H40N2O/c1-23-19-28(27-13-17-37(18-14-27)15-6-5-7-16-37)20-24(2)34(23)32-21-33(38-22-25(32)3)31-10-8-9-29-30-12-11-26(4)39-36(30)40-35(29)31/h8-12,19-22,27H,5-7,13-18H2,1-4H3/i1D3,3D3,4D3. The summed E-state index contributed by atoms with van der Waals surface area (Å²) in [5.41, 5.74) is 4.41. The Kier molecular flexibility index (Phi) is 4.29. The predicted molar refractivity (Wildman–Crippen MR) is 166 cm³/mol. The molecule has 0 atom stereocenters. The van der Waals surface area contributed by atoms with Crippen LogP contribution in [-0.2, 0) is 0 Å². The smallest absolute Gasteiger partial charge is 0.227 e. The molecule has 40 heavy (non-hydrogen) atoms. The summed E-state index contributed by atoms with van der Waals surface area (Å²) in [6.07, 6.45) is 12.2. The van der Waals surface area contributed by atoms with E-state index in [2.05, 4.69) is 16.0 Å². The van der Waals surface area contributed by atoms with Crippen LogP contribution in [0.3, 0.4) is 0 Å². The Hall–Kier alpha value is -3.46. The zero-order valence-corrected chi connectivity index (χ0v) is 22.9. The van der Waals surface area contributed by atoms with E-state index in [1.807, 2.05) is 19.1 Å². The molecule has 0 saturated heterocycles. The van der Waals surface area contributed by atoms with E-state index in [0.29, 0.717) is 49.7 Å². The third kappa shape index (κ3) is 4.35. The number of hydrogen-bond donors (Lipinski definition) is 0. The van der Waals surface area contributed by atoms with Gasteiger partial charge in [0, 0.05) is 40.6 Å². The van der Waals surface area contributed by atoms with E-state index in [9.17, 15) is 0 Å². The first-order valence-electron chi connectivity index (χ1n) is 19.0. The highest BCUT2D eigenvalue weighted by molar-refractivity contribution is 6.08. The summed E-state index contributed by atoms with van der Waals surface area (Å²) < 4.78 is 80.4. The average Bonchev–Trinajstić information content (AvgIpc) is 3.42. The molecule has 1 spiro atoms. The van der Waals surface area contributed by atoms with Gasteiger partial charge in [-0.15, -0.1) is 0 Å². The van der Waals surface area contributed by atoms with Crippen LogP contribution in [0.15, 0.2) is 59.1 Å². The van der Waals surface area contributed by atoms with Crippen molar-refractivity contribution in [2.75, 3.05) is 0 Å². The monoisotopic (exact) mass is 537 g/mol. The summed E-state index contributed by atoms with van der Waals surface area (Å²) in [7, 11) is 0. The molecule has 3 nitrogen and oxygen atoms in total. The van der Waals surface area contributed by atoms with E-state index in [-0.39, 0.29) is 28.5 Å². The minimum absolute atomic E-state index is 0.0322. The molecule has 0 amide bonds. The Morgan fingerprint density at radius 3 is 2.45 bits per heavy atom. The highest BCUT2D eigenvalue weighted by Crippen LogP contribution is 2.51. The van der Waals surface area contributed by atoms with Gasteiger partial charge in [0.2, 0.25) is 5.71 Å². The van der Waals surface area contributed by atoms with E-state index < -0.39 is 20.6 Å². The van der Waals surface area contributed by atoms with Gasteiger partial charge < -0.3 is 4.42 Å². The van der Waals surface area contributed by atoms with Gasteiger partial charge in [0.25, 0.3) is 0 Å². The van der Waals surface area contributed by atoms with Gasteiger partial charge in [0.15, 0.2) is 0 Å². The molecule has 2 fully saturated rings. The molecule has 2 aliphatic rings. The minimum Gasteiger partial charge on any atom is -0.437 e. The van der Waals surface area contributed by atoms with Gasteiger partial charge in [-0.3, -0.25) is 4.98 Å². The van der Waals surface area contributed by atoms with E-state index >= 15 is 0 Å². The lowest BCUT2D eigenvalue weighted by Crippen LogP contribution is -2.29. The molecule has 0 N–H and O–H groups in total. The van der Waals surface area contributed by atoms with Crippen molar-refractivity contribution in [3.63, 3.8) is 0 Å². The van der Waals surface area contributed by atoms with Crippen molar-refractivity contribution < 1.29 is 16.8 Å². The number of hydrogen-bond acceptors (Lipinski definition) is 3. The molecule has 2 aliphatic carbocycles. The lowest BCUT2D eigenvalue weighted by atomic mass is 9.62. The molecule has 2 saturated carbocycles. The van der Waals surface area contributed by atoms with Crippen molar-refractivity contribution >= 4 is 22.1 Å². The van der Waals surface area contributed by atoms with Crippen LogP contribution in [0.25, 0.3) is 44.5 Å². The quantitative estimate of drug-likeness (QED) is 0.230. The van der Waals surface area contributed by atoms with Crippen molar-refractivity contribution in [1.29, 1.82) is 0 Å².